The molecule has 1 fully saturated rings. The topological polar surface area (TPSA) is 35.5 Å². The average Bonchev–Trinajstić information content (AvgIpc) is 3.25. The lowest BCUT2D eigenvalue weighted by Crippen LogP contribution is -2.35. The van der Waals surface area contributed by atoms with Crippen LogP contribution in [0.4, 0.5) is 0 Å². The largest absolute Gasteiger partial charge is 0.455 e. The number of rotatable bonds is 5. The molecule has 2 aliphatic carbocycles. The Morgan fingerprint density at radius 1 is 0.972 bits per heavy atom. The van der Waals surface area contributed by atoms with Crippen LogP contribution in [0, 0.1) is 24.7 Å². The Morgan fingerprint density at radius 2 is 1.78 bits per heavy atom. The molecule has 4 aromatic carbocycles. The third-order valence-electron chi connectivity index (χ3n) is 8.77. The van der Waals surface area contributed by atoms with Gasteiger partial charge in [0.05, 0.1) is 6.10 Å². The van der Waals surface area contributed by atoms with Gasteiger partial charge in [0.15, 0.2) is 0 Å². The second kappa shape index (κ2) is 9.19. The summed E-state index contributed by atoms with van der Waals surface area (Å²) in [5.41, 5.74) is 3.72. The number of hydrogen-bond acceptors (Lipinski definition) is 3. The zero-order valence-corrected chi connectivity index (χ0v) is 21.8. The standard InChI is InChI=1S/C33H36O3/c1-19(2)24-13-9-20(3)15-29(24)35-18-31(34)36-30-17-27-21(4)10-11-23-16-28-25-8-6-5-7-22(25)12-14-26(28)33(30)32(23)27/h5-8,10-12,14,16,19-20,24,29-30H,9,13,15,17-18H2,1-4H3/t20-,24+,29?,30+/m1/s1. The molecule has 0 radical (unpaired) electrons. The predicted octanol–water partition coefficient (Wildman–Crippen LogP) is 8.07. The number of aryl methyl sites for hydroxylation is 1. The molecule has 1 saturated carbocycles. The lowest BCUT2D eigenvalue weighted by atomic mass is 9.75. The SMILES string of the molecule is Cc1ccc2cc3c(ccc4ccccc43)c3c2c1C[C@@H]3OC(=O)COC1C[C@H](C)CC[C@H]1C(C)C. The quantitative estimate of drug-likeness (QED) is 0.165. The van der Waals surface area contributed by atoms with E-state index in [0.29, 0.717) is 17.8 Å². The molecule has 0 spiro atoms. The maximum atomic E-state index is 13.2. The molecule has 0 amide bonds. The number of ether oxygens (including phenoxy) is 2. The zero-order chi connectivity index (χ0) is 25.0. The average molecular weight is 481 g/mol. The highest BCUT2D eigenvalue weighted by molar-refractivity contribution is 6.15. The summed E-state index contributed by atoms with van der Waals surface area (Å²) in [5.74, 6) is 1.47. The Kier molecular flexibility index (Phi) is 6.00. The van der Waals surface area contributed by atoms with Crippen molar-refractivity contribution in [1.29, 1.82) is 0 Å². The zero-order valence-electron chi connectivity index (χ0n) is 21.8. The molecule has 4 aromatic rings. The van der Waals surface area contributed by atoms with Gasteiger partial charge in [0.1, 0.15) is 12.7 Å². The first-order valence-corrected chi connectivity index (χ1v) is 13.6. The Balaban J connectivity index is 1.32. The van der Waals surface area contributed by atoms with Gasteiger partial charge in [0.2, 0.25) is 0 Å². The molecular weight excluding hydrogens is 444 g/mol. The molecule has 3 heteroatoms. The van der Waals surface area contributed by atoms with Crippen LogP contribution in [-0.2, 0) is 20.7 Å². The normalized spacial score (nSPS) is 23.7. The Bertz CT molecular complexity index is 1470. The highest BCUT2D eigenvalue weighted by Gasteiger charge is 2.34. The van der Waals surface area contributed by atoms with Gasteiger partial charge in [-0.25, -0.2) is 4.79 Å². The smallest absolute Gasteiger partial charge is 0.332 e. The molecule has 3 nitrogen and oxygen atoms in total. The summed E-state index contributed by atoms with van der Waals surface area (Å²) in [6.07, 6.45) is 4.04. The summed E-state index contributed by atoms with van der Waals surface area (Å²) in [6, 6.07) is 19.6. The Labute approximate surface area is 213 Å². The second-order valence-corrected chi connectivity index (χ2v) is 11.5. The van der Waals surface area contributed by atoms with Gasteiger partial charge in [0, 0.05) is 12.0 Å². The maximum absolute atomic E-state index is 13.2. The fourth-order valence-corrected chi connectivity index (χ4v) is 6.84. The summed E-state index contributed by atoms with van der Waals surface area (Å²) in [7, 11) is 0. The Hall–Kier alpha value is -2.91. The van der Waals surface area contributed by atoms with Crippen molar-refractivity contribution in [2.75, 3.05) is 6.61 Å². The summed E-state index contributed by atoms with van der Waals surface area (Å²) in [6.45, 7) is 9.01. The molecule has 1 unspecified atom stereocenters. The molecule has 0 saturated heterocycles. The molecule has 0 aromatic heterocycles. The fourth-order valence-electron chi connectivity index (χ4n) is 6.84. The van der Waals surface area contributed by atoms with Crippen molar-refractivity contribution < 1.29 is 14.3 Å². The minimum atomic E-state index is -0.282. The molecule has 0 aliphatic heterocycles. The van der Waals surface area contributed by atoms with E-state index in [4.69, 9.17) is 9.47 Å². The number of benzene rings is 4. The first-order valence-electron chi connectivity index (χ1n) is 13.6. The van der Waals surface area contributed by atoms with E-state index in [9.17, 15) is 4.79 Å². The van der Waals surface area contributed by atoms with Crippen molar-refractivity contribution in [2.45, 2.75) is 65.6 Å². The van der Waals surface area contributed by atoms with E-state index in [-0.39, 0.29) is 24.8 Å². The van der Waals surface area contributed by atoms with Crippen LogP contribution in [0.25, 0.3) is 32.3 Å². The van der Waals surface area contributed by atoms with Crippen LogP contribution >= 0.6 is 0 Å². The lowest BCUT2D eigenvalue weighted by molar-refractivity contribution is -0.159. The van der Waals surface area contributed by atoms with Crippen LogP contribution in [0.1, 0.15) is 62.8 Å². The van der Waals surface area contributed by atoms with Crippen molar-refractivity contribution in [1.82, 2.24) is 0 Å². The maximum Gasteiger partial charge on any atom is 0.332 e. The molecule has 0 heterocycles. The summed E-state index contributed by atoms with van der Waals surface area (Å²) in [5, 5.41) is 7.36. The fraction of sp³-hybridized carbons (Fsp3) is 0.424. The van der Waals surface area contributed by atoms with Crippen LogP contribution in [0.15, 0.2) is 54.6 Å². The molecule has 4 atom stereocenters. The third-order valence-corrected chi connectivity index (χ3v) is 8.77. The van der Waals surface area contributed by atoms with Crippen molar-refractivity contribution in [2.24, 2.45) is 17.8 Å². The van der Waals surface area contributed by atoms with E-state index in [1.165, 1.54) is 56.3 Å². The van der Waals surface area contributed by atoms with Gasteiger partial charge >= 0.3 is 5.97 Å². The highest BCUT2D eigenvalue weighted by atomic mass is 16.6. The van der Waals surface area contributed by atoms with Gasteiger partial charge in [0.25, 0.3) is 0 Å². The first-order chi connectivity index (χ1) is 17.4. The van der Waals surface area contributed by atoms with Crippen LogP contribution in [-0.4, -0.2) is 18.7 Å². The van der Waals surface area contributed by atoms with Crippen molar-refractivity contribution >= 4 is 38.3 Å². The van der Waals surface area contributed by atoms with E-state index in [2.05, 4.69) is 82.3 Å². The van der Waals surface area contributed by atoms with Crippen LogP contribution in [0.3, 0.4) is 0 Å². The van der Waals surface area contributed by atoms with Gasteiger partial charge in [-0.2, -0.15) is 0 Å². The van der Waals surface area contributed by atoms with Crippen LogP contribution in [0.5, 0.6) is 0 Å². The van der Waals surface area contributed by atoms with Crippen molar-refractivity contribution in [3.63, 3.8) is 0 Å². The van der Waals surface area contributed by atoms with E-state index in [1.807, 2.05) is 0 Å². The van der Waals surface area contributed by atoms with Crippen LogP contribution < -0.4 is 0 Å². The molecule has 6 rings (SSSR count). The second-order valence-electron chi connectivity index (χ2n) is 11.5. The van der Waals surface area contributed by atoms with E-state index in [0.717, 1.165) is 18.4 Å². The molecule has 2 aliphatic rings. The van der Waals surface area contributed by atoms with E-state index >= 15 is 0 Å². The first kappa shape index (κ1) is 23.5. The van der Waals surface area contributed by atoms with Crippen molar-refractivity contribution in [3.8, 4) is 0 Å². The monoisotopic (exact) mass is 480 g/mol. The summed E-state index contributed by atoms with van der Waals surface area (Å²) < 4.78 is 12.5. The number of hydrogen-bond donors (Lipinski definition) is 0. The van der Waals surface area contributed by atoms with Gasteiger partial charge in [-0.15, -0.1) is 0 Å². The van der Waals surface area contributed by atoms with Gasteiger partial charge in [-0.3, -0.25) is 0 Å². The van der Waals surface area contributed by atoms with Crippen molar-refractivity contribution in [3.05, 3.63) is 71.3 Å². The Morgan fingerprint density at radius 3 is 2.61 bits per heavy atom. The number of carbonyl (C=O) groups is 1. The minimum Gasteiger partial charge on any atom is -0.455 e. The molecule has 36 heavy (non-hydrogen) atoms. The summed E-state index contributed by atoms with van der Waals surface area (Å²) >= 11 is 0. The molecule has 0 bridgehead atoms. The molecule has 186 valence electrons. The van der Waals surface area contributed by atoms with Crippen LogP contribution in [0.2, 0.25) is 0 Å². The van der Waals surface area contributed by atoms with Gasteiger partial charge < -0.3 is 9.47 Å². The highest BCUT2D eigenvalue weighted by Crippen LogP contribution is 2.46. The third kappa shape index (κ3) is 3.98. The van der Waals surface area contributed by atoms with E-state index in [1.54, 1.807) is 0 Å². The molecular formula is C33H36O3. The number of carbonyl (C=O) groups excluding carboxylic acids is 1. The van der Waals surface area contributed by atoms with Gasteiger partial charge in [-0.1, -0.05) is 75.7 Å². The van der Waals surface area contributed by atoms with Gasteiger partial charge in [-0.05, 0) is 87.0 Å². The number of esters is 1. The molecule has 0 N–H and O–H groups in total. The minimum absolute atomic E-state index is 0.0310. The summed E-state index contributed by atoms with van der Waals surface area (Å²) in [4.78, 5) is 13.2. The lowest BCUT2D eigenvalue weighted by Gasteiger charge is -2.37. The predicted molar refractivity (Wildman–Crippen MR) is 147 cm³/mol. The van der Waals surface area contributed by atoms with E-state index < -0.39 is 0 Å². The number of fused-ring (bicyclic) bond motifs is 4.